The third kappa shape index (κ3) is 3.09. The van der Waals surface area contributed by atoms with E-state index in [-0.39, 0.29) is 6.55 Å². The largest absolute Gasteiger partial charge is 0.339 e. The van der Waals surface area contributed by atoms with E-state index in [0.717, 1.165) is 13.2 Å². The smallest absolute Gasteiger partial charge is 0.169 e. The predicted octanol–water partition coefficient (Wildman–Crippen LogP) is 5.02. The monoisotopic (exact) mass is 281 g/mol. The van der Waals surface area contributed by atoms with E-state index >= 15 is 0 Å². The van der Waals surface area contributed by atoms with E-state index in [9.17, 15) is 0 Å². The first-order valence-electron chi connectivity index (χ1n) is 3.45. The van der Waals surface area contributed by atoms with Crippen LogP contribution in [0.15, 0.2) is 0 Å². The van der Waals surface area contributed by atoms with E-state index in [0.29, 0.717) is 0 Å². The molecule has 0 unspecified atom stereocenters. The van der Waals surface area contributed by atoms with Crippen molar-refractivity contribution in [1.82, 2.24) is 0 Å². The Bertz CT molecular complexity index is 143. The van der Waals surface area contributed by atoms with Crippen LogP contribution in [0, 0.1) is 0 Å². The molecule has 0 aromatic rings. The minimum atomic E-state index is -1.32. The normalized spacial score (nSPS) is 34.8. The summed E-state index contributed by atoms with van der Waals surface area (Å²) in [6, 6.07) is 0. The lowest BCUT2D eigenvalue weighted by Gasteiger charge is -2.42. The highest BCUT2D eigenvalue weighted by molar-refractivity contribution is 9.53. The van der Waals surface area contributed by atoms with E-state index in [1.54, 1.807) is 10.4 Å². The average molecular weight is 281 g/mol. The molecular formula is C4H11O2P2S4. The molecule has 73 valence electrons. The van der Waals surface area contributed by atoms with Gasteiger partial charge >= 0.3 is 0 Å². The van der Waals surface area contributed by atoms with Crippen LogP contribution in [0.2, 0.25) is 0 Å². The van der Waals surface area contributed by atoms with Crippen molar-refractivity contribution >= 4 is 55.7 Å². The van der Waals surface area contributed by atoms with Gasteiger partial charge in [-0.25, -0.2) is 0 Å². The Morgan fingerprint density at radius 2 is 2.08 bits per heavy atom. The molecule has 0 amide bonds. The van der Waals surface area contributed by atoms with Crippen molar-refractivity contribution in [1.29, 1.82) is 0 Å². The SMILES string of the molecule is CCOP1S[P](OCC)(SS)S1. The van der Waals surface area contributed by atoms with Crippen molar-refractivity contribution in [3.63, 3.8) is 0 Å². The van der Waals surface area contributed by atoms with Gasteiger partial charge in [0.1, 0.15) is 0 Å². The first-order chi connectivity index (χ1) is 5.76. The van der Waals surface area contributed by atoms with Crippen molar-refractivity contribution in [3.8, 4) is 0 Å². The minimum absolute atomic E-state index is 0.315. The average Bonchev–Trinajstić information content (AvgIpc) is 2.01. The Labute approximate surface area is 91.5 Å². The molecule has 1 heterocycles. The summed E-state index contributed by atoms with van der Waals surface area (Å²) < 4.78 is 11.1. The molecule has 1 aliphatic rings. The molecule has 0 aromatic carbocycles. The van der Waals surface area contributed by atoms with E-state index in [1.165, 1.54) is 0 Å². The van der Waals surface area contributed by atoms with Gasteiger partial charge in [0.15, 0.2) is 11.6 Å². The third-order valence-electron chi connectivity index (χ3n) is 0.955. The lowest BCUT2D eigenvalue weighted by molar-refractivity contribution is 0.388. The Morgan fingerprint density at radius 3 is 2.50 bits per heavy atom. The number of hydrogen-bond acceptors (Lipinski definition) is 6. The molecule has 1 saturated heterocycles. The second kappa shape index (κ2) is 5.92. The van der Waals surface area contributed by atoms with Crippen LogP contribution in [0.25, 0.3) is 0 Å². The van der Waals surface area contributed by atoms with Gasteiger partial charge in [0.25, 0.3) is 0 Å². The highest BCUT2D eigenvalue weighted by Gasteiger charge is 2.48. The maximum atomic E-state index is 5.65. The number of hydrogen-bond donors (Lipinski definition) is 1. The van der Waals surface area contributed by atoms with E-state index < -0.39 is 5.10 Å². The minimum Gasteiger partial charge on any atom is -0.339 e. The highest BCUT2D eigenvalue weighted by atomic mass is 33.8. The van der Waals surface area contributed by atoms with Gasteiger partial charge in [-0.2, -0.15) is 0 Å². The lowest BCUT2D eigenvalue weighted by Crippen LogP contribution is -1.92. The molecule has 2 nitrogen and oxygen atoms in total. The topological polar surface area (TPSA) is 18.5 Å². The first-order valence-corrected chi connectivity index (χ1v) is 12.9. The second-order valence-corrected chi connectivity index (χ2v) is 19.4. The lowest BCUT2D eigenvalue weighted by atomic mass is 10.9. The van der Waals surface area contributed by atoms with Crippen LogP contribution in [-0.2, 0) is 9.05 Å². The fourth-order valence-corrected chi connectivity index (χ4v) is 29.5. The van der Waals surface area contributed by atoms with E-state index in [1.807, 2.05) is 35.9 Å². The summed E-state index contributed by atoms with van der Waals surface area (Å²) in [5.41, 5.74) is 0. The molecule has 12 heavy (non-hydrogen) atoms. The molecule has 0 N–H and O–H groups in total. The van der Waals surface area contributed by atoms with Gasteiger partial charge < -0.3 is 9.05 Å². The zero-order valence-electron chi connectivity index (χ0n) is 6.80. The van der Waals surface area contributed by atoms with Crippen LogP contribution < -0.4 is 0 Å². The van der Waals surface area contributed by atoms with Crippen molar-refractivity contribution in [2.75, 3.05) is 13.2 Å². The van der Waals surface area contributed by atoms with Gasteiger partial charge in [0.05, 0.1) is 13.2 Å². The van der Waals surface area contributed by atoms with Crippen LogP contribution in [0.5, 0.6) is 0 Å². The van der Waals surface area contributed by atoms with Crippen LogP contribution in [0.4, 0.5) is 0 Å². The van der Waals surface area contributed by atoms with Crippen LogP contribution in [0.3, 0.4) is 0 Å². The maximum absolute atomic E-state index is 5.65. The van der Waals surface area contributed by atoms with Crippen LogP contribution in [-0.4, -0.2) is 13.2 Å². The van der Waals surface area contributed by atoms with Gasteiger partial charge in [-0.1, -0.05) is 0 Å². The van der Waals surface area contributed by atoms with Gasteiger partial charge in [0.2, 0.25) is 0 Å². The summed E-state index contributed by atoms with van der Waals surface area (Å²) in [6.07, 6.45) is 0. The third-order valence-corrected chi connectivity index (χ3v) is 29.2. The highest BCUT2D eigenvalue weighted by Crippen LogP contribution is 3.12. The Hall–Kier alpha value is 2.18. The zero-order valence-corrected chi connectivity index (χ0v) is 11.9. The fourth-order valence-electron chi connectivity index (χ4n) is 0.581. The molecule has 1 rings (SSSR count). The second-order valence-electron chi connectivity index (χ2n) is 1.75. The summed E-state index contributed by atoms with van der Waals surface area (Å²) in [4.78, 5) is 0. The number of rotatable bonds is 5. The molecule has 0 aromatic heterocycles. The fraction of sp³-hybridized carbons (Fsp3) is 1.00. The molecule has 8 heteroatoms. The summed E-state index contributed by atoms with van der Waals surface area (Å²) in [6.45, 7) is 5.31. The first kappa shape index (κ1) is 12.3. The van der Waals surface area contributed by atoms with Gasteiger partial charge in [-0.05, 0) is 46.3 Å². The van der Waals surface area contributed by atoms with Crippen molar-refractivity contribution < 1.29 is 9.05 Å². The van der Waals surface area contributed by atoms with Crippen LogP contribution >= 0.6 is 55.7 Å². The Morgan fingerprint density at radius 1 is 1.42 bits per heavy atom. The van der Waals surface area contributed by atoms with Crippen LogP contribution in [0.1, 0.15) is 13.8 Å². The van der Waals surface area contributed by atoms with E-state index in [2.05, 4.69) is 11.7 Å². The number of thiol groups is 1. The summed E-state index contributed by atoms with van der Waals surface area (Å²) in [7, 11) is 1.56. The quantitative estimate of drug-likeness (QED) is 0.432. The molecule has 0 aliphatic carbocycles. The molecule has 0 atom stereocenters. The maximum Gasteiger partial charge on any atom is 0.169 e. The molecule has 0 saturated carbocycles. The van der Waals surface area contributed by atoms with Gasteiger partial charge in [0, 0.05) is 0 Å². The standard InChI is InChI=1S/C4H11O2P2S4/c1-3-5-7-10-8(11-7,12-9)6-4-2/h9H,3-4H2,1-2H3. The Kier molecular flexibility index (Phi) is 6.04. The molecule has 1 aliphatic heterocycles. The van der Waals surface area contributed by atoms with Crippen molar-refractivity contribution in [3.05, 3.63) is 0 Å². The summed E-state index contributed by atoms with van der Waals surface area (Å²) in [5, 5.41) is -1.32. The van der Waals surface area contributed by atoms with Crippen molar-refractivity contribution in [2.45, 2.75) is 13.8 Å². The van der Waals surface area contributed by atoms with Gasteiger partial charge in [-0.3, -0.25) is 0 Å². The van der Waals surface area contributed by atoms with E-state index in [4.69, 9.17) is 9.05 Å². The zero-order chi connectivity index (χ0) is 9.03. The summed E-state index contributed by atoms with van der Waals surface area (Å²) >= 11 is 7.93. The molecular weight excluding hydrogens is 270 g/mol. The molecule has 1 radical (unpaired) electrons. The molecule has 1 fully saturated rings. The molecule has 0 spiro atoms. The molecule has 0 bridgehead atoms. The summed E-state index contributed by atoms with van der Waals surface area (Å²) in [5.74, 6) is 0. The Balaban J connectivity index is 2.25. The van der Waals surface area contributed by atoms with Crippen molar-refractivity contribution in [2.24, 2.45) is 0 Å². The predicted molar refractivity (Wildman–Crippen MR) is 68.9 cm³/mol. The van der Waals surface area contributed by atoms with Gasteiger partial charge in [-0.15, -0.1) is 11.7 Å².